The predicted molar refractivity (Wildman–Crippen MR) is 63.5 cm³/mol. The maximum absolute atomic E-state index is 3.62. The lowest BCUT2D eigenvalue weighted by Gasteiger charge is -2.21. The smallest absolute Gasteiger partial charge is 0.000000945 e. The highest BCUT2D eigenvalue weighted by atomic mass is 14.9. The van der Waals surface area contributed by atoms with Crippen LogP contribution in [0.1, 0.15) is 59.3 Å². The molecule has 0 saturated heterocycles. The third-order valence-corrected chi connectivity index (χ3v) is 3.06. The van der Waals surface area contributed by atoms with Crippen molar-refractivity contribution in [2.45, 2.75) is 59.3 Å². The average molecular weight is 197 g/mol. The Bertz CT molecular complexity index is 138. The standard InChI is InChI=1S/C13H27N/c1-13(2,3)11-14-10-12-8-6-4-5-7-9-12/h12,14H,4-11H2,1-3H3. The highest BCUT2D eigenvalue weighted by Crippen LogP contribution is 2.22. The second-order valence-electron chi connectivity index (χ2n) is 6.05. The third-order valence-electron chi connectivity index (χ3n) is 3.06. The molecule has 1 heteroatoms. The molecule has 1 saturated carbocycles. The lowest BCUT2D eigenvalue weighted by molar-refractivity contribution is 0.345. The highest BCUT2D eigenvalue weighted by molar-refractivity contribution is 4.70. The molecule has 0 spiro atoms. The molecule has 1 aliphatic carbocycles. The van der Waals surface area contributed by atoms with Crippen LogP contribution in [0.2, 0.25) is 0 Å². The van der Waals surface area contributed by atoms with Gasteiger partial charge in [-0.3, -0.25) is 0 Å². The van der Waals surface area contributed by atoms with Gasteiger partial charge in [-0.05, 0) is 37.3 Å². The molecule has 1 nitrogen and oxygen atoms in total. The van der Waals surface area contributed by atoms with Crippen LogP contribution < -0.4 is 5.32 Å². The molecule has 0 aromatic rings. The summed E-state index contributed by atoms with van der Waals surface area (Å²) in [6, 6.07) is 0. The van der Waals surface area contributed by atoms with Gasteiger partial charge in [-0.2, -0.15) is 0 Å². The zero-order chi connectivity index (χ0) is 10.4. The third kappa shape index (κ3) is 5.64. The first-order chi connectivity index (χ1) is 6.58. The number of hydrogen-bond acceptors (Lipinski definition) is 1. The van der Waals surface area contributed by atoms with Crippen molar-refractivity contribution in [3.8, 4) is 0 Å². The van der Waals surface area contributed by atoms with Crippen molar-refractivity contribution in [2.75, 3.05) is 13.1 Å². The minimum absolute atomic E-state index is 0.435. The second kappa shape index (κ2) is 5.75. The summed E-state index contributed by atoms with van der Waals surface area (Å²) in [5, 5.41) is 3.62. The molecule has 0 amide bonds. The fraction of sp³-hybridized carbons (Fsp3) is 1.00. The summed E-state index contributed by atoms with van der Waals surface area (Å²) in [6.45, 7) is 9.30. The van der Waals surface area contributed by atoms with Gasteiger partial charge in [0.25, 0.3) is 0 Å². The van der Waals surface area contributed by atoms with Gasteiger partial charge < -0.3 is 5.32 Å². The summed E-state index contributed by atoms with van der Waals surface area (Å²) in [5.74, 6) is 0.958. The Labute approximate surface area is 89.7 Å². The number of hydrogen-bond donors (Lipinski definition) is 1. The molecule has 1 aliphatic rings. The average Bonchev–Trinajstić information content (AvgIpc) is 2.30. The summed E-state index contributed by atoms with van der Waals surface area (Å²) >= 11 is 0. The van der Waals surface area contributed by atoms with Crippen LogP contribution in [-0.2, 0) is 0 Å². The van der Waals surface area contributed by atoms with Crippen LogP contribution in [0.3, 0.4) is 0 Å². The molecule has 0 aliphatic heterocycles. The van der Waals surface area contributed by atoms with Gasteiger partial charge in [0.2, 0.25) is 0 Å². The van der Waals surface area contributed by atoms with Crippen LogP contribution in [0.4, 0.5) is 0 Å². The SMILES string of the molecule is CC(C)(C)CNCC1CCCCCC1. The monoisotopic (exact) mass is 197 g/mol. The van der Waals surface area contributed by atoms with Gasteiger partial charge in [0.15, 0.2) is 0 Å². The molecule has 0 atom stereocenters. The molecular weight excluding hydrogens is 170 g/mol. The Hall–Kier alpha value is -0.0400. The Kier molecular flexibility index (Phi) is 4.94. The van der Waals surface area contributed by atoms with Crippen LogP contribution >= 0.6 is 0 Å². The Morgan fingerprint density at radius 1 is 1.00 bits per heavy atom. The van der Waals surface area contributed by atoms with Gasteiger partial charge in [-0.1, -0.05) is 46.5 Å². The molecule has 0 aromatic carbocycles. The maximum atomic E-state index is 3.62. The number of rotatable bonds is 3. The zero-order valence-corrected chi connectivity index (χ0v) is 10.2. The van der Waals surface area contributed by atoms with Crippen molar-refractivity contribution in [1.82, 2.24) is 5.32 Å². The Morgan fingerprint density at radius 3 is 2.07 bits per heavy atom. The fourth-order valence-corrected chi connectivity index (χ4v) is 2.22. The largest absolute Gasteiger partial charge is 0.316 e. The molecule has 0 unspecified atom stereocenters. The molecule has 1 N–H and O–H groups in total. The first-order valence-corrected chi connectivity index (χ1v) is 6.29. The molecule has 0 heterocycles. The molecule has 14 heavy (non-hydrogen) atoms. The topological polar surface area (TPSA) is 12.0 Å². The quantitative estimate of drug-likeness (QED) is 0.682. The molecule has 0 bridgehead atoms. The molecule has 0 aromatic heterocycles. The van der Waals surface area contributed by atoms with Crippen LogP contribution in [0.25, 0.3) is 0 Å². The van der Waals surface area contributed by atoms with E-state index in [1.807, 2.05) is 0 Å². The number of nitrogens with one attached hydrogen (secondary N) is 1. The Balaban J connectivity index is 2.10. The molecule has 1 rings (SSSR count). The van der Waals surface area contributed by atoms with E-state index in [1.54, 1.807) is 0 Å². The zero-order valence-electron chi connectivity index (χ0n) is 10.2. The van der Waals surface area contributed by atoms with Gasteiger partial charge in [-0.15, -0.1) is 0 Å². The van der Waals surface area contributed by atoms with E-state index in [1.165, 1.54) is 45.1 Å². The van der Waals surface area contributed by atoms with E-state index < -0.39 is 0 Å². The second-order valence-corrected chi connectivity index (χ2v) is 6.05. The van der Waals surface area contributed by atoms with Gasteiger partial charge in [0.1, 0.15) is 0 Å². The predicted octanol–water partition coefficient (Wildman–Crippen LogP) is 3.59. The molecule has 0 radical (unpaired) electrons. The van der Waals surface area contributed by atoms with Gasteiger partial charge in [0, 0.05) is 0 Å². The van der Waals surface area contributed by atoms with E-state index in [0.29, 0.717) is 5.41 Å². The van der Waals surface area contributed by atoms with Crippen LogP contribution in [0.5, 0.6) is 0 Å². The van der Waals surface area contributed by atoms with Crippen molar-refractivity contribution in [1.29, 1.82) is 0 Å². The van der Waals surface area contributed by atoms with Crippen molar-refractivity contribution < 1.29 is 0 Å². The molecular formula is C13H27N. The van der Waals surface area contributed by atoms with Crippen molar-refractivity contribution >= 4 is 0 Å². The minimum Gasteiger partial charge on any atom is -0.316 e. The normalized spacial score (nSPS) is 20.8. The van der Waals surface area contributed by atoms with Gasteiger partial charge in [-0.25, -0.2) is 0 Å². The molecule has 84 valence electrons. The lowest BCUT2D eigenvalue weighted by atomic mass is 9.95. The first kappa shape index (κ1) is 12.0. The first-order valence-electron chi connectivity index (χ1n) is 6.29. The van der Waals surface area contributed by atoms with Crippen LogP contribution in [0, 0.1) is 11.3 Å². The Morgan fingerprint density at radius 2 is 1.57 bits per heavy atom. The van der Waals surface area contributed by atoms with Crippen LogP contribution in [0.15, 0.2) is 0 Å². The molecule has 1 fully saturated rings. The van der Waals surface area contributed by atoms with Gasteiger partial charge in [0.05, 0.1) is 0 Å². The van der Waals surface area contributed by atoms with E-state index in [9.17, 15) is 0 Å². The van der Waals surface area contributed by atoms with Crippen molar-refractivity contribution in [3.63, 3.8) is 0 Å². The summed E-state index contributed by atoms with van der Waals surface area (Å²) in [4.78, 5) is 0. The van der Waals surface area contributed by atoms with E-state index in [0.717, 1.165) is 12.5 Å². The van der Waals surface area contributed by atoms with E-state index in [-0.39, 0.29) is 0 Å². The highest BCUT2D eigenvalue weighted by Gasteiger charge is 2.14. The summed E-state index contributed by atoms with van der Waals surface area (Å²) in [7, 11) is 0. The van der Waals surface area contributed by atoms with Gasteiger partial charge >= 0.3 is 0 Å². The summed E-state index contributed by atoms with van der Waals surface area (Å²) < 4.78 is 0. The maximum Gasteiger partial charge on any atom is -0.000000945 e. The van der Waals surface area contributed by atoms with E-state index >= 15 is 0 Å². The van der Waals surface area contributed by atoms with E-state index in [2.05, 4.69) is 26.1 Å². The van der Waals surface area contributed by atoms with Crippen molar-refractivity contribution in [2.24, 2.45) is 11.3 Å². The lowest BCUT2D eigenvalue weighted by Crippen LogP contribution is -2.31. The van der Waals surface area contributed by atoms with E-state index in [4.69, 9.17) is 0 Å². The summed E-state index contributed by atoms with van der Waals surface area (Å²) in [5.41, 5.74) is 0.435. The minimum atomic E-state index is 0.435. The van der Waals surface area contributed by atoms with Crippen LogP contribution in [-0.4, -0.2) is 13.1 Å². The van der Waals surface area contributed by atoms with Crippen molar-refractivity contribution in [3.05, 3.63) is 0 Å². The summed E-state index contributed by atoms with van der Waals surface area (Å²) in [6.07, 6.45) is 8.77. The fourth-order valence-electron chi connectivity index (χ4n) is 2.22.